The second kappa shape index (κ2) is 12.9. The molecule has 240 valence electrons. The number of methoxy groups -OCH3 is 1. The van der Waals surface area contributed by atoms with Crippen LogP contribution in [0.1, 0.15) is 42.9 Å². The van der Waals surface area contributed by atoms with Gasteiger partial charge in [0.15, 0.2) is 0 Å². The Morgan fingerprint density at radius 1 is 0.956 bits per heavy atom. The Hall–Kier alpha value is -4.35. The molecule has 3 aromatic rings. The van der Waals surface area contributed by atoms with Crippen LogP contribution >= 0.6 is 0 Å². The standard InChI is InChI=1S/C33H33F5N2O5/c1-3-44-31(42)32(14-16-39(17-15-32)27-11-6-22(18-26(27)35)33(36,37)38)20-45-28-12-10-25(34)30-24(28)9-13-29(41)40(30)19-21-4-7-23(43-2)8-5-21/h4-8,10-12,18H,3,9,13-17,19-20H2,1-2H3. The Labute approximate surface area is 257 Å². The van der Waals surface area contributed by atoms with E-state index in [-0.39, 0.29) is 75.8 Å². The number of carbonyl (C=O) groups excluding carboxylic acids is 2. The minimum absolute atomic E-state index is 0.00981. The number of rotatable bonds is 9. The third-order valence-electron chi connectivity index (χ3n) is 8.40. The van der Waals surface area contributed by atoms with E-state index in [1.165, 1.54) is 17.0 Å². The van der Waals surface area contributed by atoms with Gasteiger partial charge in [0.1, 0.15) is 35.2 Å². The molecule has 5 rings (SSSR count). The maximum absolute atomic E-state index is 15.3. The number of alkyl halides is 3. The van der Waals surface area contributed by atoms with Crippen LogP contribution in [-0.2, 0) is 33.5 Å². The van der Waals surface area contributed by atoms with E-state index in [1.54, 1.807) is 43.2 Å². The van der Waals surface area contributed by atoms with Crippen molar-refractivity contribution in [3.8, 4) is 11.5 Å². The summed E-state index contributed by atoms with van der Waals surface area (Å²) in [6, 6.07) is 12.2. The first-order valence-corrected chi connectivity index (χ1v) is 14.6. The number of nitrogens with zero attached hydrogens (tertiary/aromatic N) is 2. The minimum Gasteiger partial charge on any atom is -0.497 e. The van der Waals surface area contributed by atoms with Crippen LogP contribution < -0.4 is 19.3 Å². The molecule has 7 nitrogen and oxygen atoms in total. The molecule has 1 saturated heterocycles. The number of benzene rings is 3. The molecule has 45 heavy (non-hydrogen) atoms. The van der Waals surface area contributed by atoms with E-state index in [0.29, 0.717) is 23.1 Å². The van der Waals surface area contributed by atoms with Crippen molar-refractivity contribution in [1.82, 2.24) is 0 Å². The monoisotopic (exact) mass is 632 g/mol. The van der Waals surface area contributed by atoms with Crippen molar-refractivity contribution >= 4 is 23.3 Å². The zero-order chi connectivity index (χ0) is 32.4. The van der Waals surface area contributed by atoms with Gasteiger partial charge in [0, 0.05) is 25.1 Å². The molecule has 2 aliphatic rings. The number of halogens is 5. The number of piperidine rings is 1. The molecule has 0 bridgehead atoms. The summed E-state index contributed by atoms with van der Waals surface area (Å²) in [6.45, 7) is 2.13. The molecule has 3 aromatic carbocycles. The van der Waals surface area contributed by atoms with Crippen LogP contribution in [-0.4, -0.2) is 45.3 Å². The molecule has 0 spiro atoms. The fourth-order valence-corrected chi connectivity index (χ4v) is 5.85. The highest BCUT2D eigenvalue weighted by Gasteiger charge is 2.45. The molecule has 2 aliphatic heterocycles. The van der Waals surface area contributed by atoms with Gasteiger partial charge in [-0.25, -0.2) is 8.78 Å². The smallest absolute Gasteiger partial charge is 0.416 e. The van der Waals surface area contributed by atoms with E-state index in [2.05, 4.69) is 0 Å². The summed E-state index contributed by atoms with van der Waals surface area (Å²) in [5, 5.41) is 0. The van der Waals surface area contributed by atoms with Gasteiger partial charge in [-0.05, 0) is 74.2 Å². The molecule has 0 atom stereocenters. The van der Waals surface area contributed by atoms with Crippen molar-refractivity contribution in [2.24, 2.45) is 5.41 Å². The van der Waals surface area contributed by atoms with Crippen LogP contribution in [0.25, 0.3) is 0 Å². The molecule has 0 aromatic heterocycles. The second-order valence-corrected chi connectivity index (χ2v) is 11.1. The first kappa shape index (κ1) is 32.1. The molecule has 2 heterocycles. The highest BCUT2D eigenvalue weighted by molar-refractivity contribution is 5.97. The summed E-state index contributed by atoms with van der Waals surface area (Å²) in [5.74, 6) is -1.34. The van der Waals surface area contributed by atoms with Crippen LogP contribution in [0.4, 0.5) is 33.3 Å². The van der Waals surface area contributed by atoms with Gasteiger partial charge >= 0.3 is 12.1 Å². The van der Waals surface area contributed by atoms with E-state index in [0.717, 1.165) is 17.7 Å². The SMILES string of the molecule is CCOC(=O)C1(COc2ccc(F)c3c2CCC(=O)N3Cc2ccc(OC)cc2)CCN(c2ccc(C(F)(F)F)cc2F)CC1. The van der Waals surface area contributed by atoms with Gasteiger partial charge in [-0.2, -0.15) is 13.2 Å². The van der Waals surface area contributed by atoms with Crippen molar-refractivity contribution in [2.75, 3.05) is 43.2 Å². The van der Waals surface area contributed by atoms with Crippen molar-refractivity contribution in [3.63, 3.8) is 0 Å². The summed E-state index contributed by atoms with van der Waals surface area (Å²) in [7, 11) is 1.55. The largest absolute Gasteiger partial charge is 0.497 e. The number of fused-ring (bicyclic) bond motifs is 1. The normalized spacial score (nSPS) is 16.3. The Kier molecular flexibility index (Phi) is 9.22. The summed E-state index contributed by atoms with van der Waals surface area (Å²) >= 11 is 0. The molecule has 1 fully saturated rings. The van der Waals surface area contributed by atoms with Gasteiger partial charge < -0.3 is 24.0 Å². The van der Waals surface area contributed by atoms with Crippen molar-refractivity contribution < 1.29 is 45.8 Å². The van der Waals surface area contributed by atoms with Gasteiger partial charge in [0.2, 0.25) is 5.91 Å². The van der Waals surface area contributed by atoms with Gasteiger partial charge in [0.25, 0.3) is 0 Å². The highest BCUT2D eigenvalue weighted by Crippen LogP contribution is 2.41. The lowest BCUT2D eigenvalue weighted by molar-refractivity contribution is -0.159. The lowest BCUT2D eigenvalue weighted by Crippen LogP contribution is -2.48. The van der Waals surface area contributed by atoms with Crippen LogP contribution in [0.3, 0.4) is 0 Å². The number of esters is 1. The van der Waals surface area contributed by atoms with Crippen LogP contribution in [0.15, 0.2) is 54.6 Å². The fourth-order valence-electron chi connectivity index (χ4n) is 5.85. The molecule has 0 N–H and O–H groups in total. The molecular weight excluding hydrogens is 599 g/mol. The molecule has 0 unspecified atom stereocenters. The van der Waals surface area contributed by atoms with Gasteiger partial charge in [-0.1, -0.05) is 12.1 Å². The predicted molar refractivity (Wildman–Crippen MR) is 156 cm³/mol. The van der Waals surface area contributed by atoms with Crippen molar-refractivity contribution in [2.45, 2.75) is 45.3 Å². The average molecular weight is 633 g/mol. The predicted octanol–water partition coefficient (Wildman–Crippen LogP) is 6.70. The van der Waals surface area contributed by atoms with Gasteiger partial charge in [0.05, 0.1) is 37.2 Å². The number of amides is 1. The Morgan fingerprint density at radius 3 is 2.29 bits per heavy atom. The highest BCUT2D eigenvalue weighted by atomic mass is 19.4. The summed E-state index contributed by atoms with van der Waals surface area (Å²) in [5.41, 5.74) is -0.801. The third kappa shape index (κ3) is 6.69. The van der Waals surface area contributed by atoms with Crippen molar-refractivity contribution in [1.29, 1.82) is 0 Å². The number of hydrogen-bond donors (Lipinski definition) is 0. The van der Waals surface area contributed by atoms with E-state index in [1.807, 2.05) is 0 Å². The first-order chi connectivity index (χ1) is 21.5. The van der Waals surface area contributed by atoms with Crippen molar-refractivity contribution in [3.05, 3.63) is 82.9 Å². The lowest BCUT2D eigenvalue weighted by Gasteiger charge is -2.41. The van der Waals surface area contributed by atoms with E-state index >= 15 is 4.39 Å². The molecule has 0 aliphatic carbocycles. The summed E-state index contributed by atoms with van der Waals surface area (Å²) in [6.07, 6.45) is -3.93. The fraction of sp³-hybridized carbons (Fsp3) is 0.394. The average Bonchev–Trinajstić information content (AvgIpc) is 3.02. The van der Waals surface area contributed by atoms with Crippen LogP contribution in [0.5, 0.6) is 11.5 Å². The number of anilines is 2. The molecule has 0 radical (unpaired) electrons. The Balaban J connectivity index is 1.36. The van der Waals surface area contributed by atoms with Gasteiger partial charge in [-0.3, -0.25) is 9.59 Å². The third-order valence-corrected chi connectivity index (χ3v) is 8.40. The zero-order valence-corrected chi connectivity index (χ0v) is 24.9. The number of carbonyl (C=O) groups is 2. The molecule has 1 amide bonds. The Bertz CT molecular complexity index is 1550. The quantitative estimate of drug-likeness (QED) is 0.193. The first-order valence-electron chi connectivity index (χ1n) is 14.6. The topological polar surface area (TPSA) is 68.3 Å². The maximum Gasteiger partial charge on any atom is 0.416 e. The minimum atomic E-state index is -4.67. The van der Waals surface area contributed by atoms with E-state index in [9.17, 15) is 27.2 Å². The van der Waals surface area contributed by atoms with E-state index in [4.69, 9.17) is 14.2 Å². The van der Waals surface area contributed by atoms with Gasteiger partial charge in [-0.15, -0.1) is 0 Å². The van der Waals surface area contributed by atoms with E-state index < -0.39 is 34.8 Å². The lowest BCUT2D eigenvalue weighted by atomic mass is 9.78. The number of hydrogen-bond acceptors (Lipinski definition) is 6. The molecule has 12 heteroatoms. The second-order valence-electron chi connectivity index (χ2n) is 11.1. The maximum atomic E-state index is 15.3. The molecular formula is C33H33F5N2O5. The molecule has 0 saturated carbocycles. The van der Waals surface area contributed by atoms with Crippen LogP contribution in [0.2, 0.25) is 0 Å². The summed E-state index contributed by atoms with van der Waals surface area (Å²) < 4.78 is 85.9. The number of ether oxygens (including phenoxy) is 3. The Morgan fingerprint density at radius 2 is 1.67 bits per heavy atom. The summed E-state index contributed by atoms with van der Waals surface area (Å²) in [4.78, 5) is 29.2. The zero-order valence-electron chi connectivity index (χ0n) is 24.9. The van der Waals surface area contributed by atoms with Crippen LogP contribution in [0, 0.1) is 17.0 Å².